The molecule has 0 fully saturated rings. The van der Waals surface area contributed by atoms with Gasteiger partial charge in [0.1, 0.15) is 5.75 Å². The number of benzene rings is 2. The van der Waals surface area contributed by atoms with Gasteiger partial charge in [-0.15, -0.1) is 0 Å². The Kier molecular flexibility index (Phi) is 6.88. The van der Waals surface area contributed by atoms with Gasteiger partial charge in [-0.05, 0) is 56.3 Å². The lowest BCUT2D eigenvalue weighted by molar-refractivity contribution is -0.114. The van der Waals surface area contributed by atoms with E-state index in [1.54, 1.807) is 13.8 Å². The molecule has 2 aromatic carbocycles. The number of carbonyl (C=O) groups is 1. The van der Waals surface area contributed by atoms with Crippen LogP contribution in [0.2, 0.25) is 0 Å². The molecule has 0 aliphatic rings. The highest BCUT2D eigenvalue weighted by Crippen LogP contribution is 2.30. The van der Waals surface area contributed by atoms with Crippen molar-refractivity contribution in [1.82, 2.24) is 4.72 Å². The first-order chi connectivity index (χ1) is 13.4. The van der Waals surface area contributed by atoms with Crippen molar-refractivity contribution in [2.24, 2.45) is 0 Å². The first-order valence-electron chi connectivity index (χ1n) is 8.55. The zero-order chi connectivity index (χ0) is 21.8. The molecule has 0 aliphatic heterocycles. The van der Waals surface area contributed by atoms with Crippen LogP contribution in [-0.2, 0) is 24.8 Å². The standard InChI is InChI=1S/C18H23N3O6S2/c1-12(2)20-29(25,26)16-9-10-18(27-4)17(11-16)21-28(23,24)15-7-5-14(6-8-15)19-13(3)22/h5-12,20-21H,1-4H3,(H,19,22). The lowest BCUT2D eigenvalue weighted by atomic mass is 10.3. The van der Waals surface area contributed by atoms with E-state index in [4.69, 9.17) is 4.74 Å². The number of ether oxygens (including phenoxy) is 1. The highest BCUT2D eigenvalue weighted by molar-refractivity contribution is 7.92. The third-order valence-electron chi connectivity index (χ3n) is 3.60. The van der Waals surface area contributed by atoms with Gasteiger partial charge in [-0.3, -0.25) is 9.52 Å². The molecule has 0 saturated carbocycles. The molecule has 0 spiro atoms. The monoisotopic (exact) mass is 441 g/mol. The summed E-state index contributed by atoms with van der Waals surface area (Å²) in [5, 5.41) is 2.54. The van der Waals surface area contributed by atoms with Gasteiger partial charge in [0.05, 0.1) is 22.6 Å². The summed E-state index contributed by atoms with van der Waals surface area (Å²) in [5.41, 5.74) is 0.423. The number of methoxy groups -OCH3 is 1. The lowest BCUT2D eigenvalue weighted by Crippen LogP contribution is -2.30. The van der Waals surface area contributed by atoms with Gasteiger partial charge in [0.25, 0.3) is 10.0 Å². The molecule has 0 radical (unpaired) electrons. The predicted octanol–water partition coefficient (Wildman–Crippen LogP) is 2.14. The van der Waals surface area contributed by atoms with Crippen LogP contribution in [0.1, 0.15) is 20.8 Å². The number of hydrogen-bond donors (Lipinski definition) is 3. The van der Waals surface area contributed by atoms with Crippen molar-refractivity contribution < 1.29 is 26.4 Å². The number of sulfonamides is 2. The Morgan fingerprint density at radius 2 is 1.52 bits per heavy atom. The second-order valence-corrected chi connectivity index (χ2v) is 9.85. The molecule has 11 heteroatoms. The summed E-state index contributed by atoms with van der Waals surface area (Å²) in [6.07, 6.45) is 0. The summed E-state index contributed by atoms with van der Waals surface area (Å²) in [6, 6.07) is 9.08. The van der Waals surface area contributed by atoms with Crippen LogP contribution in [0.25, 0.3) is 0 Å². The molecule has 0 unspecified atom stereocenters. The van der Waals surface area contributed by atoms with Crippen molar-refractivity contribution in [3.63, 3.8) is 0 Å². The summed E-state index contributed by atoms with van der Waals surface area (Å²) >= 11 is 0. The molecule has 158 valence electrons. The normalized spacial score (nSPS) is 11.9. The van der Waals surface area contributed by atoms with E-state index in [1.807, 2.05) is 0 Å². The Balaban J connectivity index is 2.38. The summed E-state index contributed by atoms with van der Waals surface area (Å²) in [7, 11) is -6.52. The number of hydrogen-bond acceptors (Lipinski definition) is 6. The first kappa shape index (κ1) is 22.7. The largest absolute Gasteiger partial charge is 0.495 e. The molecule has 0 aromatic heterocycles. The minimum atomic E-state index is -4.03. The molecule has 1 amide bonds. The van der Waals surface area contributed by atoms with Gasteiger partial charge in [0.15, 0.2) is 0 Å². The Morgan fingerprint density at radius 3 is 2.03 bits per heavy atom. The van der Waals surface area contributed by atoms with Crippen molar-refractivity contribution in [3.8, 4) is 5.75 Å². The van der Waals surface area contributed by atoms with E-state index >= 15 is 0 Å². The Hall–Kier alpha value is -2.63. The quantitative estimate of drug-likeness (QED) is 0.575. The number of carbonyl (C=O) groups excluding carboxylic acids is 1. The average Bonchev–Trinajstić information content (AvgIpc) is 2.60. The fraction of sp³-hybridized carbons (Fsp3) is 0.278. The van der Waals surface area contributed by atoms with Crippen molar-refractivity contribution >= 4 is 37.3 Å². The van der Waals surface area contributed by atoms with Crippen molar-refractivity contribution in [3.05, 3.63) is 42.5 Å². The smallest absolute Gasteiger partial charge is 0.262 e. The molecule has 3 N–H and O–H groups in total. The van der Waals surface area contributed by atoms with E-state index < -0.39 is 20.0 Å². The second kappa shape index (κ2) is 8.80. The summed E-state index contributed by atoms with van der Waals surface area (Å²) in [6.45, 7) is 4.69. The van der Waals surface area contributed by atoms with Gasteiger partial charge >= 0.3 is 0 Å². The maximum absolute atomic E-state index is 12.7. The molecule has 2 aromatic rings. The van der Waals surface area contributed by atoms with E-state index in [1.165, 1.54) is 56.5 Å². The van der Waals surface area contributed by atoms with Gasteiger partial charge < -0.3 is 10.1 Å². The number of nitrogens with one attached hydrogen (secondary N) is 3. The summed E-state index contributed by atoms with van der Waals surface area (Å²) in [5.74, 6) is -0.122. The minimum Gasteiger partial charge on any atom is -0.495 e. The molecular weight excluding hydrogens is 418 g/mol. The van der Waals surface area contributed by atoms with Gasteiger partial charge in [-0.1, -0.05) is 0 Å². The third kappa shape index (κ3) is 5.92. The van der Waals surface area contributed by atoms with E-state index in [0.29, 0.717) is 5.69 Å². The molecule has 29 heavy (non-hydrogen) atoms. The van der Waals surface area contributed by atoms with E-state index in [0.717, 1.165) is 0 Å². The molecule has 0 aliphatic carbocycles. The molecule has 0 saturated heterocycles. The number of amides is 1. The fourth-order valence-corrected chi connectivity index (χ4v) is 4.77. The molecule has 9 nitrogen and oxygen atoms in total. The number of rotatable bonds is 8. The molecule has 0 bridgehead atoms. The van der Waals surface area contributed by atoms with E-state index in [9.17, 15) is 21.6 Å². The van der Waals surface area contributed by atoms with Crippen LogP contribution in [0.4, 0.5) is 11.4 Å². The third-order valence-corrected chi connectivity index (χ3v) is 6.64. The fourth-order valence-electron chi connectivity index (χ4n) is 2.44. The minimum absolute atomic E-state index is 0.0231. The summed E-state index contributed by atoms with van der Waals surface area (Å²) in [4.78, 5) is 10.9. The lowest BCUT2D eigenvalue weighted by Gasteiger charge is -2.15. The van der Waals surface area contributed by atoms with Gasteiger partial charge in [0, 0.05) is 18.7 Å². The van der Waals surface area contributed by atoms with Crippen molar-refractivity contribution in [1.29, 1.82) is 0 Å². The van der Waals surface area contributed by atoms with Gasteiger partial charge in [0.2, 0.25) is 15.9 Å². The van der Waals surface area contributed by atoms with E-state index in [-0.39, 0.29) is 33.2 Å². The molecule has 0 heterocycles. The summed E-state index contributed by atoms with van der Waals surface area (Å²) < 4.78 is 60.2. The van der Waals surface area contributed by atoms with E-state index in [2.05, 4.69) is 14.8 Å². The van der Waals surface area contributed by atoms with Crippen LogP contribution in [0.3, 0.4) is 0 Å². The maximum atomic E-state index is 12.7. The van der Waals surface area contributed by atoms with Crippen molar-refractivity contribution in [2.45, 2.75) is 36.6 Å². The average molecular weight is 442 g/mol. The number of anilines is 2. The van der Waals surface area contributed by atoms with Crippen molar-refractivity contribution in [2.75, 3.05) is 17.1 Å². The Bertz CT molecular complexity index is 1090. The topological polar surface area (TPSA) is 131 Å². The van der Waals surface area contributed by atoms with Gasteiger partial charge in [-0.2, -0.15) is 0 Å². The first-order valence-corrected chi connectivity index (χ1v) is 11.5. The Morgan fingerprint density at radius 1 is 0.931 bits per heavy atom. The van der Waals surface area contributed by atoms with Gasteiger partial charge in [-0.25, -0.2) is 21.6 Å². The highest BCUT2D eigenvalue weighted by Gasteiger charge is 2.21. The van der Waals surface area contributed by atoms with Crippen LogP contribution < -0.4 is 19.5 Å². The highest BCUT2D eigenvalue weighted by atomic mass is 32.2. The second-order valence-electron chi connectivity index (χ2n) is 6.45. The molecule has 2 rings (SSSR count). The SMILES string of the molecule is COc1ccc(S(=O)(=O)NC(C)C)cc1NS(=O)(=O)c1ccc(NC(C)=O)cc1. The van der Waals surface area contributed by atoms with Crippen LogP contribution in [0.5, 0.6) is 5.75 Å². The maximum Gasteiger partial charge on any atom is 0.262 e. The van der Waals surface area contributed by atoms with Crippen LogP contribution in [-0.4, -0.2) is 35.9 Å². The zero-order valence-corrected chi connectivity index (χ0v) is 18.0. The van der Waals surface area contributed by atoms with Crippen LogP contribution in [0.15, 0.2) is 52.3 Å². The molecule has 0 atom stereocenters. The predicted molar refractivity (Wildman–Crippen MR) is 110 cm³/mol. The van der Waals surface area contributed by atoms with Crippen LogP contribution >= 0.6 is 0 Å². The van der Waals surface area contributed by atoms with Crippen LogP contribution in [0, 0.1) is 0 Å². The Labute approximate surface area is 170 Å². The zero-order valence-electron chi connectivity index (χ0n) is 16.4. The molecular formula is C18H23N3O6S2.